The Morgan fingerprint density at radius 2 is 1.89 bits per heavy atom. The smallest absolute Gasteiger partial charge is 0.119 e. The number of rotatable bonds is 4. The minimum absolute atomic E-state index is 0.0949. The van der Waals surface area contributed by atoms with Gasteiger partial charge in [0, 0.05) is 23.0 Å². The second-order valence-corrected chi connectivity index (χ2v) is 5.64. The summed E-state index contributed by atoms with van der Waals surface area (Å²) in [4.78, 5) is 4.22. The van der Waals surface area contributed by atoms with Crippen LogP contribution >= 0.6 is 0 Å². The van der Waals surface area contributed by atoms with Gasteiger partial charge in [0.25, 0.3) is 0 Å². The lowest BCUT2D eigenvalue weighted by Gasteiger charge is -2.20. The minimum Gasteiger partial charge on any atom is -0.492 e. The predicted octanol–water partition coefficient (Wildman–Crippen LogP) is 2.84. The average molecular weight is 259 g/mol. The number of nitrogens with zero attached hydrogens (tertiary/aromatic N) is 2. The number of benzene rings is 1. The molecule has 102 valence electrons. The van der Waals surface area contributed by atoms with E-state index in [0.717, 1.165) is 18.0 Å². The molecule has 0 saturated heterocycles. The van der Waals surface area contributed by atoms with E-state index in [2.05, 4.69) is 30.3 Å². The van der Waals surface area contributed by atoms with Crippen molar-refractivity contribution in [1.82, 2.24) is 9.55 Å². The van der Waals surface area contributed by atoms with Gasteiger partial charge in [-0.1, -0.05) is 20.8 Å². The number of hydrogen-bond acceptors (Lipinski definition) is 3. The van der Waals surface area contributed by atoms with Gasteiger partial charge in [-0.05, 0) is 24.3 Å². The summed E-state index contributed by atoms with van der Waals surface area (Å²) in [7, 11) is 0. The molecular formula is C15H21N3O. The molecule has 0 fully saturated rings. The van der Waals surface area contributed by atoms with Crippen LogP contribution in [0.25, 0.3) is 0 Å². The molecule has 0 atom stereocenters. The van der Waals surface area contributed by atoms with Crippen LogP contribution in [-0.2, 0) is 12.0 Å². The number of nitrogens with two attached hydrogens (primary N) is 1. The fourth-order valence-electron chi connectivity index (χ4n) is 1.95. The van der Waals surface area contributed by atoms with Gasteiger partial charge in [0.05, 0.1) is 12.9 Å². The van der Waals surface area contributed by atoms with Gasteiger partial charge in [0.2, 0.25) is 0 Å². The van der Waals surface area contributed by atoms with Gasteiger partial charge in [-0.15, -0.1) is 0 Å². The van der Waals surface area contributed by atoms with Crippen LogP contribution in [0.2, 0.25) is 0 Å². The van der Waals surface area contributed by atoms with Gasteiger partial charge in [-0.2, -0.15) is 0 Å². The van der Waals surface area contributed by atoms with Crippen molar-refractivity contribution in [3.63, 3.8) is 0 Å². The summed E-state index contributed by atoms with van der Waals surface area (Å²) in [5, 5.41) is 0. The summed E-state index contributed by atoms with van der Waals surface area (Å²) < 4.78 is 7.83. The summed E-state index contributed by atoms with van der Waals surface area (Å²) in [6.07, 6.45) is 3.77. The van der Waals surface area contributed by atoms with Crippen LogP contribution < -0.4 is 10.5 Å². The van der Waals surface area contributed by atoms with E-state index in [1.54, 1.807) is 0 Å². The molecule has 4 heteroatoms. The maximum absolute atomic E-state index is 5.70. The summed E-state index contributed by atoms with van der Waals surface area (Å²) in [5.74, 6) is 0.839. The maximum atomic E-state index is 5.70. The molecule has 0 unspecified atom stereocenters. The van der Waals surface area contributed by atoms with Gasteiger partial charge in [-0.25, -0.2) is 4.98 Å². The normalized spacial score (nSPS) is 11.5. The zero-order valence-electron chi connectivity index (χ0n) is 11.8. The fourth-order valence-corrected chi connectivity index (χ4v) is 1.95. The van der Waals surface area contributed by atoms with Crippen LogP contribution in [-0.4, -0.2) is 16.2 Å². The van der Waals surface area contributed by atoms with Crippen LogP contribution in [0.5, 0.6) is 5.75 Å². The van der Waals surface area contributed by atoms with Crippen molar-refractivity contribution in [3.05, 3.63) is 42.5 Å². The van der Waals surface area contributed by atoms with Crippen LogP contribution in [0, 0.1) is 0 Å². The molecule has 0 aliphatic heterocycles. The Morgan fingerprint density at radius 1 is 1.21 bits per heavy atom. The topological polar surface area (TPSA) is 53.1 Å². The van der Waals surface area contributed by atoms with Crippen LogP contribution in [0.15, 0.2) is 36.8 Å². The largest absolute Gasteiger partial charge is 0.492 e. The second kappa shape index (κ2) is 5.34. The third-order valence-electron chi connectivity index (χ3n) is 2.96. The molecule has 2 N–H and O–H groups in total. The molecule has 2 rings (SSSR count). The van der Waals surface area contributed by atoms with Crippen molar-refractivity contribution in [2.45, 2.75) is 32.7 Å². The summed E-state index contributed by atoms with van der Waals surface area (Å²) in [5.41, 5.74) is 7.69. The van der Waals surface area contributed by atoms with Crippen LogP contribution in [0.4, 0.5) is 5.69 Å². The van der Waals surface area contributed by atoms with E-state index in [-0.39, 0.29) is 5.41 Å². The average Bonchev–Trinajstić information content (AvgIpc) is 2.80. The highest BCUT2D eigenvalue weighted by molar-refractivity contribution is 5.41. The Hall–Kier alpha value is -1.97. The van der Waals surface area contributed by atoms with Gasteiger partial charge in [0.15, 0.2) is 0 Å². The number of anilines is 1. The highest BCUT2D eigenvalue weighted by atomic mass is 16.5. The monoisotopic (exact) mass is 259 g/mol. The molecule has 1 aromatic carbocycles. The number of aromatic nitrogens is 2. The second-order valence-electron chi connectivity index (χ2n) is 5.64. The lowest BCUT2D eigenvalue weighted by molar-refractivity contribution is 0.293. The fraction of sp³-hybridized carbons (Fsp3) is 0.400. The highest BCUT2D eigenvalue weighted by Crippen LogP contribution is 2.21. The minimum atomic E-state index is 0.0949. The van der Waals surface area contributed by atoms with E-state index in [1.165, 1.54) is 5.69 Å². The van der Waals surface area contributed by atoms with E-state index >= 15 is 0 Å². The zero-order chi connectivity index (χ0) is 13.9. The van der Waals surface area contributed by atoms with Crippen molar-refractivity contribution in [2.24, 2.45) is 0 Å². The lowest BCUT2D eigenvalue weighted by atomic mass is 9.93. The van der Waals surface area contributed by atoms with Gasteiger partial charge < -0.3 is 15.0 Å². The molecular weight excluding hydrogens is 238 g/mol. The SMILES string of the molecule is CC(C)(C)c1cncn1CCOc1ccc(N)cc1. The van der Waals surface area contributed by atoms with Crippen molar-refractivity contribution < 1.29 is 4.74 Å². The maximum Gasteiger partial charge on any atom is 0.119 e. The van der Waals surface area contributed by atoms with Crippen LogP contribution in [0.1, 0.15) is 26.5 Å². The molecule has 0 aliphatic carbocycles. The molecule has 19 heavy (non-hydrogen) atoms. The molecule has 4 nitrogen and oxygen atoms in total. The third kappa shape index (κ3) is 3.50. The Kier molecular flexibility index (Phi) is 3.79. The number of imidazole rings is 1. The van der Waals surface area contributed by atoms with Crippen molar-refractivity contribution in [1.29, 1.82) is 0 Å². The first kappa shape index (κ1) is 13.5. The van der Waals surface area contributed by atoms with E-state index in [4.69, 9.17) is 10.5 Å². The first-order valence-corrected chi connectivity index (χ1v) is 6.46. The third-order valence-corrected chi connectivity index (χ3v) is 2.96. The predicted molar refractivity (Wildman–Crippen MR) is 77.3 cm³/mol. The van der Waals surface area contributed by atoms with Crippen LogP contribution in [0.3, 0.4) is 0 Å². The van der Waals surface area contributed by atoms with Gasteiger partial charge in [-0.3, -0.25) is 0 Å². The van der Waals surface area contributed by atoms with Gasteiger partial charge in [0.1, 0.15) is 12.4 Å². The van der Waals surface area contributed by atoms with E-state index in [1.807, 2.05) is 36.8 Å². The standard InChI is InChI=1S/C15H21N3O/c1-15(2,3)14-10-17-11-18(14)8-9-19-13-6-4-12(16)5-7-13/h4-7,10-11H,8-9,16H2,1-3H3. The first-order valence-electron chi connectivity index (χ1n) is 6.46. The van der Waals surface area contributed by atoms with Crippen molar-refractivity contribution >= 4 is 5.69 Å². The Morgan fingerprint density at radius 3 is 2.53 bits per heavy atom. The Bertz CT molecular complexity index is 523. The summed E-state index contributed by atoms with van der Waals surface area (Å²) >= 11 is 0. The molecule has 1 aromatic heterocycles. The van der Waals surface area contributed by atoms with E-state index < -0.39 is 0 Å². The Labute approximate surface area is 114 Å². The molecule has 1 heterocycles. The molecule has 0 amide bonds. The number of hydrogen-bond donors (Lipinski definition) is 1. The highest BCUT2D eigenvalue weighted by Gasteiger charge is 2.18. The molecule has 0 radical (unpaired) electrons. The molecule has 0 saturated carbocycles. The molecule has 0 spiro atoms. The van der Waals surface area contributed by atoms with E-state index in [0.29, 0.717) is 6.61 Å². The summed E-state index contributed by atoms with van der Waals surface area (Å²) in [6, 6.07) is 7.45. The van der Waals surface area contributed by atoms with E-state index in [9.17, 15) is 0 Å². The zero-order valence-corrected chi connectivity index (χ0v) is 11.8. The number of nitrogen functional groups attached to an aromatic ring is 1. The lowest BCUT2D eigenvalue weighted by Crippen LogP contribution is -2.19. The molecule has 0 bridgehead atoms. The van der Waals surface area contributed by atoms with Crippen molar-refractivity contribution in [2.75, 3.05) is 12.3 Å². The number of ether oxygens (including phenoxy) is 1. The Balaban J connectivity index is 1.93. The first-order chi connectivity index (χ1) is 8.97. The molecule has 2 aromatic rings. The summed E-state index contributed by atoms with van der Waals surface area (Å²) in [6.45, 7) is 7.95. The van der Waals surface area contributed by atoms with Crippen molar-refractivity contribution in [3.8, 4) is 5.75 Å². The quantitative estimate of drug-likeness (QED) is 0.859. The van der Waals surface area contributed by atoms with Gasteiger partial charge >= 0.3 is 0 Å². The molecule has 0 aliphatic rings.